The molecule has 0 saturated heterocycles. The van der Waals surface area contributed by atoms with E-state index >= 15 is 0 Å². The maximum Gasteiger partial charge on any atom is 0.137 e. The molecule has 3 atom stereocenters. The van der Waals surface area contributed by atoms with Crippen molar-refractivity contribution >= 4 is 0 Å². The fourth-order valence-corrected chi connectivity index (χ4v) is 2.27. The molecule has 1 heterocycles. The second-order valence-corrected chi connectivity index (χ2v) is 4.57. The Morgan fingerprint density at radius 1 is 1.56 bits per heavy atom. The summed E-state index contributed by atoms with van der Waals surface area (Å²) in [7, 11) is 1.68. The van der Waals surface area contributed by atoms with Gasteiger partial charge in [0.25, 0.3) is 0 Å². The number of methoxy groups -OCH3 is 1. The van der Waals surface area contributed by atoms with Crippen LogP contribution in [0.15, 0.2) is 18.5 Å². The van der Waals surface area contributed by atoms with E-state index in [0.29, 0.717) is 6.04 Å². The maximum atomic E-state index is 5.22. The standard InChI is InChI=1S/C13H20N2O/c1-4-15-13(12-5-9(12)2)10-6-11(16-3)8-14-7-10/h6-9,12-13,15H,4-5H2,1-3H3. The number of hydrogen-bond donors (Lipinski definition) is 1. The monoisotopic (exact) mass is 220 g/mol. The van der Waals surface area contributed by atoms with Crippen LogP contribution in [0.5, 0.6) is 5.75 Å². The maximum absolute atomic E-state index is 5.22. The van der Waals surface area contributed by atoms with Crippen molar-refractivity contribution in [1.29, 1.82) is 0 Å². The molecule has 16 heavy (non-hydrogen) atoms. The molecule has 3 heteroatoms. The molecule has 3 nitrogen and oxygen atoms in total. The molecular weight excluding hydrogens is 200 g/mol. The molecule has 1 aliphatic carbocycles. The first-order chi connectivity index (χ1) is 7.76. The Kier molecular flexibility index (Phi) is 3.44. The zero-order valence-corrected chi connectivity index (χ0v) is 10.2. The lowest BCUT2D eigenvalue weighted by Crippen LogP contribution is -2.23. The minimum absolute atomic E-state index is 0.433. The minimum atomic E-state index is 0.433. The highest BCUT2D eigenvalue weighted by Gasteiger charge is 2.39. The molecule has 88 valence electrons. The highest BCUT2D eigenvalue weighted by Crippen LogP contribution is 2.47. The Morgan fingerprint density at radius 2 is 2.31 bits per heavy atom. The normalized spacial score (nSPS) is 25.2. The molecule has 1 N–H and O–H groups in total. The molecule has 0 spiro atoms. The predicted octanol–water partition coefficient (Wildman–Crippen LogP) is 2.40. The van der Waals surface area contributed by atoms with Gasteiger partial charge in [-0.3, -0.25) is 4.98 Å². The molecule has 1 aromatic rings. The first kappa shape index (κ1) is 11.4. The quantitative estimate of drug-likeness (QED) is 0.827. The van der Waals surface area contributed by atoms with E-state index in [2.05, 4.69) is 30.2 Å². The first-order valence-electron chi connectivity index (χ1n) is 5.98. The van der Waals surface area contributed by atoms with Gasteiger partial charge in [0.1, 0.15) is 5.75 Å². The second kappa shape index (κ2) is 4.83. The van der Waals surface area contributed by atoms with Gasteiger partial charge in [0.15, 0.2) is 0 Å². The average molecular weight is 220 g/mol. The van der Waals surface area contributed by atoms with Crippen molar-refractivity contribution in [3.63, 3.8) is 0 Å². The molecule has 0 bridgehead atoms. The summed E-state index contributed by atoms with van der Waals surface area (Å²) in [5.74, 6) is 2.43. The van der Waals surface area contributed by atoms with Crippen molar-refractivity contribution in [3.05, 3.63) is 24.0 Å². The van der Waals surface area contributed by atoms with Crippen LogP contribution in [-0.4, -0.2) is 18.6 Å². The molecule has 1 fully saturated rings. The van der Waals surface area contributed by atoms with Gasteiger partial charge in [0.2, 0.25) is 0 Å². The Hall–Kier alpha value is -1.09. The molecule has 1 saturated carbocycles. The summed E-state index contributed by atoms with van der Waals surface area (Å²) in [4.78, 5) is 4.23. The van der Waals surface area contributed by atoms with Gasteiger partial charge < -0.3 is 10.1 Å². The van der Waals surface area contributed by atoms with E-state index in [-0.39, 0.29) is 0 Å². The van der Waals surface area contributed by atoms with Crippen LogP contribution in [0.25, 0.3) is 0 Å². The number of nitrogens with zero attached hydrogens (tertiary/aromatic N) is 1. The van der Waals surface area contributed by atoms with E-state index in [1.165, 1.54) is 12.0 Å². The zero-order valence-electron chi connectivity index (χ0n) is 10.2. The number of ether oxygens (including phenoxy) is 1. The Morgan fingerprint density at radius 3 is 2.88 bits per heavy atom. The van der Waals surface area contributed by atoms with Crippen LogP contribution < -0.4 is 10.1 Å². The third kappa shape index (κ3) is 2.35. The molecular formula is C13H20N2O. The number of rotatable bonds is 5. The van der Waals surface area contributed by atoms with Gasteiger partial charge in [-0.15, -0.1) is 0 Å². The summed E-state index contributed by atoms with van der Waals surface area (Å²) in [5.41, 5.74) is 1.25. The Balaban J connectivity index is 2.17. The van der Waals surface area contributed by atoms with Crippen LogP contribution in [0.3, 0.4) is 0 Å². The van der Waals surface area contributed by atoms with Gasteiger partial charge in [-0.1, -0.05) is 13.8 Å². The summed E-state index contributed by atoms with van der Waals surface area (Å²) in [6, 6.07) is 2.52. The molecule has 0 aromatic carbocycles. The second-order valence-electron chi connectivity index (χ2n) is 4.57. The summed E-state index contributed by atoms with van der Waals surface area (Å²) in [6.07, 6.45) is 5.01. The first-order valence-corrected chi connectivity index (χ1v) is 5.98. The minimum Gasteiger partial charge on any atom is -0.495 e. The lowest BCUT2D eigenvalue weighted by molar-refractivity contribution is 0.408. The van der Waals surface area contributed by atoms with Gasteiger partial charge in [-0.25, -0.2) is 0 Å². The van der Waals surface area contributed by atoms with Crippen LogP contribution >= 0.6 is 0 Å². The van der Waals surface area contributed by atoms with Crippen molar-refractivity contribution < 1.29 is 4.74 Å². The van der Waals surface area contributed by atoms with Crippen LogP contribution in [0, 0.1) is 11.8 Å². The molecule has 0 aliphatic heterocycles. The molecule has 1 aromatic heterocycles. The zero-order chi connectivity index (χ0) is 11.5. The van der Waals surface area contributed by atoms with Crippen molar-refractivity contribution in [2.45, 2.75) is 26.3 Å². The van der Waals surface area contributed by atoms with Crippen molar-refractivity contribution in [2.75, 3.05) is 13.7 Å². The van der Waals surface area contributed by atoms with Crippen molar-refractivity contribution in [2.24, 2.45) is 11.8 Å². The Labute approximate surface area is 97.2 Å². The summed E-state index contributed by atoms with van der Waals surface area (Å²) >= 11 is 0. The molecule has 2 rings (SSSR count). The smallest absolute Gasteiger partial charge is 0.137 e. The largest absolute Gasteiger partial charge is 0.495 e. The fraction of sp³-hybridized carbons (Fsp3) is 0.615. The van der Waals surface area contributed by atoms with Crippen LogP contribution in [0.1, 0.15) is 31.9 Å². The Bertz CT molecular complexity index is 354. The average Bonchev–Trinajstić information content (AvgIpc) is 3.03. The lowest BCUT2D eigenvalue weighted by atomic mass is 10.0. The number of aromatic nitrogens is 1. The highest BCUT2D eigenvalue weighted by molar-refractivity contribution is 5.27. The van der Waals surface area contributed by atoms with Gasteiger partial charge >= 0.3 is 0 Å². The topological polar surface area (TPSA) is 34.2 Å². The summed E-state index contributed by atoms with van der Waals surface area (Å²) in [5, 5.41) is 3.55. The summed E-state index contributed by atoms with van der Waals surface area (Å²) in [6.45, 7) is 5.45. The van der Waals surface area contributed by atoms with Gasteiger partial charge in [0.05, 0.1) is 13.3 Å². The molecule has 1 aliphatic rings. The van der Waals surface area contributed by atoms with Gasteiger partial charge in [0, 0.05) is 12.2 Å². The van der Waals surface area contributed by atoms with E-state index in [0.717, 1.165) is 24.1 Å². The molecule has 0 amide bonds. The van der Waals surface area contributed by atoms with E-state index < -0.39 is 0 Å². The SMILES string of the molecule is CCNC(c1cncc(OC)c1)C1CC1C. The van der Waals surface area contributed by atoms with E-state index in [9.17, 15) is 0 Å². The van der Waals surface area contributed by atoms with E-state index in [4.69, 9.17) is 4.74 Å². The van der Waals surface area contributed by atoms with Gasteiger partial charge in [-0.05, 0) is 36.4 Å². The highest BCUT2D eigenvalue weighted by atomic mass is 16.5. The van der Waals surface area contributed by atoms with E-state index in [1.807, 2.05) is 6.20 Å². The lowest BCUT2D eigenvalue weighted by Gasteiger charge is -2.18. The number of nitrogens with one attached hydrogen (secondary N) is 1. The van der Waals surface area contributed by atoms with E-state index in [1.54, 1.807) is 13.3 Å². The van der Waals surface area contributed by atoms with Crippen LogP contribution in [0.2, 0.25) is 0 Å². The third-order valence-corrected chi connectivity index (χ3v) is 3.35. The van der Waals surface area contributed by atoms with Crippen LogP contribution in [-0.2, 0) is 0 Å². The molecule has 3 unspecified atom stereocenters. The van der Waals surface area contributed by atoms with Crippen LogP contribution in [0.4, 0.5) is 0 Å². The number of pyridine rings is 1. The fourth-order valence-electron chi connectivity index (χ4n) is 2.27. The summed E-state index contributed by atoms with van der Waals surface area (Å²) < 4.78 is 5.22. The van der Waals surface area contributed by atoms with Gasteiger partial charge in [-0.2, -0.15) is 0 Å². The third-order valence-electron chi connectivity index (χ3n) is 3.35. The predicted molar refractivity (Wildman–Crippen MR) is 64.5 cm³/mol. The van der Waals surface area contributed by atoms with Crippen molar-refractivity contribution in [3.8, 4) is 5.75 Å². The molecule has 0 radical (unpaired) electrons. The van der Waals surface area contributed by atoms with Crippen molar-refractivity contribution in [1.82, 2.24) is 10.3 Å². The number of hydrogen-bond acceptors (Lipinski definition) is 3.